The highest BCUT2D eigenvalue weighted by Crippen LogP contribution is 2.14. The van der Waals surface area contributed by atoms with Gasteiger partial charge in [0.05, 0.1) is 11.8 Å². The van der Waals surface area contributed by atoms with E-state index in [0.717, 1.165) is 25.7 Å². The molecule has 0 fully saturated rings. The molecular formula is C12H19N3O. The molecule has 0 saturated carbocycles. The van der Waals surface area contributed by atoms with Crippen LogP contribution in [0.25, 0.3) is 0 Å². The Labute approximate surface area is 96.1 Å². The number of anilines is 1. The SMILES string of the molecule is C=CCCCCCC(=O)c1cnn(C)c1N. The quantitative estimate of drug-likeness (QED) is 0.436. The molecule has 1 rings (SSSR count). The Morgan fingerprint density at radius 1 is 1.56 bits per heavy atom. The van der Waals surface area contributed by atoms with Gasteiger partial charge in [-0.05, 0) is 19.3 Å². The Morgan fingerprint density at radius 3 is 2.88 bits per heavy atom. The number of aryl methyl sites for hydroxylation is 1. The summed E-state index contributed by atoms with van der Waals surface area (Å²) in [5.41, 5.74) is 6.27. The Morgan fingerprint density at radius 2 is 2.31 bits per heavy atom. The smallest absolute Gasteiger partial charge is 0.168 e. The van der Waals surface area contributed by atoms with Crippen LogP contribution in [0.4, 0.5) is 5.82 Å². The van der Waals surface area contributed by atoms with Crippen LogP contribution in [0, 0.1) is 0 Å². The topological polar surface area (TPSA) is 60.9 Å². The standard InChI is InChI=1S/C12H19N3O/c1-3-4-5-6-7-8-11(16)10-9-14-15(2)12(10)13/h3,9H,1,4-8,13H2,2H3. The normalized spacial score (nSPS) is 10.3. The van der Waals surface area contributed by atoms with Gasteiger partial charge in [-0.3, -0.25) is 9.48 Å². The molecule has 0 aliphatic rings. The molecule has 0 unspecified atom stereocenters. The number of nitrogen functional groups attached to an aromatic ring is 1. The average Bonchev–Trinajstić information content (AvgIpc) is 2.59. The summed E-state index contributed by atoms with van der Waals surface area (Å²) in [6.45, 7) is 3.66. The summed E-state index contributed by atoms with van der Waals surface area (Å²) in [4.78, 5) is 11.8. The fourth-order valence-corrected chi connectivity index (χ4v) is 1.55. The summed E-state index contributed by atoms with van der Waals surface area (Å²) in [6.07, 6.45) is 8.07. The van der Waals surface area contributed by atoms with Gasteiger partial charge in [-0.15, -0.1) is 6.58 Å². The first-order valence-electron chi connectivity index (χ1n) is 5.58. The minimum absolute atomic E-state index is 0.0872. The number of aromatic nitrogens is 2. The largest absolute Gasteiger partial charge is 0.383 e. The molecule has 0 bridgehead atoms. The van der Waals surface area contributed by atoms with Crippen molar-refractivity contribution in [3.05, 3.63) is 24.4 Å². The predicted molar refractivity (Wildman–Crippen MR) is 65.2 cm³/mol. The highest BCUT2D eigenvalue weighted by Gasteiger charge is 2.12. The third-order valence-corrected chi connectivity index (χ3v) is 2.60. The van der Waals surface area contributed by atoms with Crippen LogP contribution in [0.3, 0.4) is 0 Å². The molecule has 16 heavy (non-hydrogen) atoms. The molecule has 0 aromatic carbocycles. The zero-order chi connectivity index (χ0) is 12.0. The highest BCUT2D eigenvalue weighted by atomic mass is 16.1. The molecule has 4 heteroatoms. The molecule has 88 valence electrons. The average molecular weight is 221 g/mol. The molecule has 1 aromatic rings. The second-order valence-corrected chi connectivity index (χ2v) is 3.88. The van der Waals surface area contributed by atoms with Crippen molar-refractivity contribution >= 4 is 11.6 Å². The minimum Gasteiger partial charge on any atom is -0.383 e. The van der Waals surface area contributed by atoms with Gasteiger partial charge in [-0.25, -0.2) is 0 Å². The lowest BCUT2D eigenvalue weighted by molar-refractivity contribution is 0.0980. The van der Waals surface area contributed by atoms with E-state index < -0.39 is 0 Å². The van der Waals surface area contributed by atoms with Crippen molar-refractivity contribution < 1.29 is 4.79 Å². The van der Waals surface area contributed by atoms with Crippen molar-refractivity contribution in [2.75, 3.05) is 5.73 Å². The number of hydrogen-bond donors (Lipinski definition) is 1. The fourth-order valence-electron chi connectivity index (χ4n) is 1.55. The molecule has 2 N–H and O–H groups in total. The second kappa shape index (κ2) is 6.10. The second-order valence-electron chi connectivity index (χ2n) is 3.88. The Kier molecular flexibility index (Phi) is 4.76. The number of nitrogens with zero attached hydrogens (tertiary/aromatic N) is 2. The third-order valence-electron chi connectivity index (χ3n) is 2.60. The van der Waals surface area contributed by atoms with Crippen LogP contribution >= 0.6 is 0 Å². The van der Waals surface area contributed by atoms with Gasteiger partial charge in [0.1, 0.15) is 5.82 Å². The van der Waals surface area contributed by atoms with Gasteiger partial charge in [0.2, 0.25) is 0 Å². The van der Waals surface area contributed by atoms with Crippen LogP contribution in [-0.2, 0) is 7.05 Å². The monoisotopic (exact) mass is 221 g/mol. The number of hydrogen-bond acceptors (Lipinski definition) is 3. The highest BCUT2D eigenvalue weighted by molar-refractivity contribution is 5.99. The summed E-state index contributed by atoms with van der Waals surface area (Å²) in [6, 6.07) is 0. The van der Waals surface area contributed by atoms with Crippen LogP contribution in [0.5, 0.6) is 0 Å². The van der Waals surface area contributed by atoms with Crippen molar-refractivity contribution in [3.63, 3.8) is 0 Å². The maximum atomic E-state index is 11.8. The lowest BCUT2D eigenvalue weighted by atomic mass is 10.1. The first-order valence-corrected chi connectivity index (χ1v) is 5.58. The molecule has 0 aliphatic carbocycles. The van der Waals surface area contributed by atoms with Gasteiger partial charge in [-0.1, -0.05) is 12.5 Å². The Bertz CT molecular complexity index is 368. The first kappa shape index (κ1) is 12.5. The number of carbonyl (C=O) groups excluding carboxylic acids is 1. The van der Waals surface area contributed by atoms with Gasteiger partial charge < -0.3 is 5.73 Å². The van der Waals surface area contributed by atoms with Crippen LogP contribution < -0.4 is 5.73 Å². The number of Topliss-reactive ketones (excluding diaryl/α,β-unsaturated/α-hetero) is 1. The van der Waals surface area contributed by atoms with Crippen molar-refractivity contribution in [1.82, 2.24) is 9.78 Å². The van der Waals surface area contributed by atoms with E-state index in [1.165, 1.54) is 4.68 Å². The molecule has 0 atom stereocenters. The number of ketones is 1. The van der Waals surface area contributed by atoms with E-state index in [1.54, 1.807) is 13.2 Å². The van der Waals surface area contributed by atoms with E-state index in [-0.39, 0.29) is 5.78 Å². The molecule has 1 heterocycles. The van der Waals surface area contributed by atoms with Gasteiger partial charge >= 0.3 is 0 Å². The van der Waals surface area contributed by atoms with Crippen molar-refractivity contribution in [1.29, 1.82) is 0 Å². The first-order chi connectivity index (χ1) is 7.66. The van der Waals surface area contributed by atoms with Gasteiger partial charge in [0.25, 0.3) is 0 Å². The molecule has 0 radical (unpaired) electrons. The van der Waals surface area contributed by atoms with Gasteiger partial charge in [-0.2, -0.15) is 5.10 Å². The fraction of sp³-hybridized carbons (Fsp3) is 0.500. The predicted octanol–water partition coefficient (Wildman–Crippen LogP) is 2.32. The summed E-state index contributed by atoms with van der Waals surface area (Å²) >= 11 is 0. The van der Waals surface area contributed by atoms with E-state index in [4.69, 9.17) is 5.73 Å². The van der Waals surface area contributed by atoms with Crippen molar-refractivity contribution in [3.8, 4) is 0 Å². The van der Waals surface area contributed by atoms with Crippen LogP contribution in [-0.4, -0.2) is 15.6 Å². The maximum absolute atomic E-state index is 11.8. The molecule has 0 saturated heterocycles. The number of unbranched alkanes of at least 4 members (excludes halogenated alkanes) is 3. The van der Waals surface area contributed by atoms with E-state index in [9.17, 15) is 4.79 Å². The van der Waals surface area contributed by atoms with Crippen molar-refractivity contribution in [2.24, 2.45) is 7.05 Å². The zero-order valence-corrected chi connectivity index (χ0v) is 9.78. The lowest BCUT2D eigenvalue weighted by Crippen LogP contribution is -2.04. The van der Waals surface area contributed by atoms with E-state index >= 15 is 0 Å². The molecule has 0 aliphatic heterocycles. The van der Waals surface area contributed by atoms with Crippen LogP contribution in [0.15, 0.2) is 18.9 Å². The number of allylic oxidation sites excluding steroid dienone is 1. The summed E-state index contributed by atoms with van der Waals surface area (Å²) in [7, 11) is 1.73. The summed E-state index contributed by atoms with van der Waals surface area (Å²) in [5.74, 6) is 0.542. The van der Waals surface area contributed by atoms with Gasteiger partial charge in [0.15, 0.2) is 5.78 Å². The molecular weight excluding hydrogens is 202 g/mol. The third kappa shape index (κ3) is 3.22. The molecule has 1 aromatic heterocycles. The minimum atomic E-state index is 0.0872. The number of carbonyl (C=O) groups is 1. The number of nitrogens with two attached hydrogens (primary N) is 1. The molecule has 4 nitrogen and oxygen atoms in total. The Balaban J connectivity index is 2.35. The lowest BCUT2D eigenvalue weighted by Gasteiger charge is -2.00. The Hall–Kier alpha value is -1.58. The van der Waals surface area contributed by atoms with E-state index in [2.05, 4.69) is 11.7 Å². The van der Waals surface area contributed by atoms with E-state index in [0.29, 0.717) is 17.8 Å². The van der Waals surface area contributed by atoms with Gasteiger partial charge in [0, 0.05) is 13.5 Å². The molecule has 0 spiro atoms. The van der Waals surface area contributed by atoms with Crippen LogP contribution in [0.1, 0.15) is 42.5 Å². The van der Waals surface area contributed by atoms with E-state index in [1.807, 2.05) is 6.08 Å². The summed E-state index contributed by atoms with van der Waals surface area (Å²) in [5, 5.41) is 3.95. The molecule has 0 amide bonds. The van der Waals surface area contributed by atoms with Crippen molar-refractivity contribution in [2.45, 2.75) is 32.1 Å². The maximum Gasteiger partial charge on any atom is 0.168 e. The number of rotatable bonds is 7. The summed E-state index contributed by atoms with van der Waals surface area (Å²) < 4.78 is 1.52. The van der Waals surface area contributed by atoms with Crippen LogP contribution in [0.2, 0.25) is 0 Å². The zero-order valence-electron chi connectivity index (χ0n) is 9.78.